The van der Waals surface area contributed by atoms with Crippen LogP contribution in [0.1, 0.15) is 0 Å². The number of aromatic nitrogens is 3. The average Bonchev–Trinajstić information content (AvgIpc) is 3.60. The van der Waals surface area contributed by atoms with Crippen LogP contribution in [-0.4, -0.2) is 19.6 Å². The highest BCUT2D eigenvalue weighted by Gasteiger charge is 2.36. The van der Waals surface area contributed by atoms with Crippen molar-refractivity contribution in [3.8, 4) is 68.2 Å². The van der Waals surface area contributed by atoms with E-state index in [2.05, 4.69) is 120 Å². The van der Waals surface area contributed by atoms with Gasteiger partial charge in [0, 0.05) is 21.7 Å². The van der Waals surface area contributed by atoms with Crippen LogP contribution in [0.15, 0.2) is 176 Å². The average molecular weight is 735 g/mol. The van der Waals surface area contributed by atoms with Gasteiger partial charge in [-0.05, 0) is 82.9 Å². The lowest BCUT2D eigenvalue weighted by molar-refractivity contribution is 0.434. The van der Waals surface area contributed by atoms with Gasteiger partial charge in [-0.2, -0.15) is 0 Å². The van der Waals surface area contributed by atoms with Crippen LogP contribution in [-0.2, 0) is 0 Å². The number of hydrogen-bond acceptors (Lipinski definition) is 6. The van der Waals surface area contributed by atoms with Gasteiger partial charge in [-0.1, -0.05) is 115 Å². The lowest BCUT2D eigenvalue weighted by atomic mass is 9.99. The molecule has 0 atom stereocenters. The van der Waals surface area contributed by atoms with Crippen LogP contribution in [0.4, 0.5) is 17.1 Å². The molecule has 2 aromatic heterocycles. The van der Waals surface area contributed by atoms with Gasteiger partial charge in [0.15, 0.2) is 23.0 Å². The molecule has 12 rings (SSSR count). The molecule has 7 heteroatoms. The van der Waals surface area contributed by atoms with Crippen molar-refractivity contribution in [2.45, 2.75) is 0 Å². The minimum absolute atomic E-state index is 0.134. The number of ether oxygens (including phenoxy) is 2. The lowest BCUT2D eigenvalue weighted by Gasteiger charge is -2.38. The Balaban J connectivity index is 1.01. The Morgan fingerprint density at radius 1 is 0.421 bits per heavy atom. The molecule has 0 fully saturated rings. The largest absolute Gasteiger partial charge is 0.506 e. The smallest absolute Gasteiger partial charge is 0.235 e. The molecule has 8 aromatic carbocycles. The van der Waals surface area contributed by atoms with Crippen molar-refractivity contribution in [3.63, 3.8) is 0 Å². The molecule has 0 amide bonds. The van der Waals surface area contributed by atoms with Crippen molar-refractivity contribution in [1.82, 2.24) is 14.5 Å². The van der Waals surface area contributed by atoms with Gasteiger partial charge in [0.2, 0.25) is 5.95 Å². The van der Waals surface area contributed by atoms with Crippen molar-refractivity contribution in [2.24, 2.45) is 0 Å². The highest BCUT2D eigenvalue weighted by atomic mass is 16.5. The Morgan fingerprint density at radius 2 is 1.07 bits per heavy atom. The Kier molecular flexibility index (Phi) is 6.65. The van der Waals surface area contributed by atoms with E-state index in [4.69, 9.17) is 19.4 Å². The third-order valence-corrected chi connectivity index (χ3v) is 11.1. The van der Waals surface area contributed by atoms with Gasteiger partial charge < -0.3 is 14.6 Å². The summed E-state index contributed by atoms with van der Waals surface area (Å²) in [6.45, 7) is 0. The van der Waals surface area contributed by atoms with E-state index in [-0.39, 0.29) is 5.75 Å². The first-order valence-corrected chi connectivity index (χ1v) is 18.9. The maximum absolute atomic E-state index is 11.0. The second kappa shape index (κ2) is 12.1. The van der Waals surface area contributed by atoms with Crippen LogP contribution in [0.2, 0.25) is 0 Å². The fourth-order valence-electron chi connectivity index (χ4n) is 8.46. The number of fused-ring (bicyclic) bond motifs is 8. The first kappa shape index (κ1) is 31.5. The van der Waals surface area contributed by atoms with Crippen LogP contribution >= 0.6 is 0 Å². The molecule has 57 heavy (non-hydrogen) atoms. The van der Waals surface area contributed by atoms with E-state index in [0.29, 0.717) is 34.6 Å². The third kappa shape index (κ3) is 4.79. The SMILES string of the molecule is Oc1cccc2c1N1c3ccccc3Oc3cc(-c4ccc5c(c4)c4ccccc4n5-c4nc(-c5ccc(-c6ccccc6)cc5)c5ccccc5n4)cc(c31)O2. The predicted molar refractivity (Wildman–Crippen MR) is 227 cm³/mol. The number of aromatic hydroxyl groups is 1. The summed E-state index contributed by atoms with van der Waals surface area (Å²) in [7, 11) is 0. The van der Waals surface area contributed by atoms with Crippen LogP contribution in [0.5, 0.6) is 28.7 Å². The third-order valence-electron chi connectivity index (χ3n) is 11.1. The molecule has 0 radical (unpaired) electrons. The molecule has 0 bridgehead atoms. The van der Waals surface area contributed by atoms with Crippen molar-refractivity contribution >= 4 is 49.8 Å². The molecule has 10 aromatic rings. The Labute approximate surface area is 326 Å². The molecule has 4 heterocycles. The highest BCUT2D eigenvalue weighted by molar-refractivity contribution is 6.10. The minimum Gasteiger partial charge on any atom is -0.506 e. The summed E-state index contributed by atoms with van der Waals surface area (Å²) in [5.41, 5.74) is 11.2. The van der Waals surface area contributed by atoms with E-state index in [9.17, 15) is 5.11 Å². The van der Waals surface area contributed by atoms with Crippen molar-refractivity contribution in [1.29, 1.82) is 0 Å². The zero-order valence-corrected chi connectivity index (χ0v) is 30.3. The van der Waals surface area contributed by atoms with Gasteiger partial charge in [-0.3, -0.25) is 9.47 Å². The van der Waals surface area contributed by atoms with Gasteiger partial charge in [0.25, 0.3) is 0 Å². The summed E-state index contributed by atoms with van der Waals surface area (Å²) >= 11 is 0. The molecule has 1 N–H and O–H groups in total. The number of anilines is 3. The quantitative estimate of drug-likeness (QED) is 0.194. The van der Waals surface area contributed by atoms with Gasteiger partial charge >= 0.3 is 0 Å². The van der Waals surface area contributed by atoms with E-state index in [0.717, 1.165) is 72.0 Å². The monoisotopic (exact) mass is 734 g/mol. The minimum atomic E-state index is 0.134. The topological polar surface area (TPSA) is 72.6 Å². The maximum atomic E-state index is 11.0. The second-order valence-electron chi connectivity index (χ2n) is 14.4. The van der Waals surface area contributed by atoms with Crippen molar-refractivity contribution in [3.05, 3.63) is 176 Å². The molecule has 268 valence electrons. The van der Waals surface area contributed by atoms with Gasteiger partial charge in [0.05, 0.1) is 27.9 Å². The number of benzene rings is 8. The first-order valence-electron chi connectivity index (χ1n) is 18.9. The van der Waals surface area contributed by atoms with Crippen LogP contribution in [0.25, 0.3) is 72.2 Å². The normalized spacial score (nSPS) is 12.5. The number of hydrogen-bond donors (Lipinski definition) is 1. The fraction of sp³-hybridized carbons (Fsp3) is 0. The van der Waals surface area contributed by atoms with E-state index in [1.165, 1.54) is 5.56 Å². The summed E-state index contributed by atoms with van der Waals surface area (Å²) < 4.78 is 15.2. The van der Waals surface area contributed by atoms with E-state index < -0.39 is 0 Å². The number of phenolic OH excluding ortho intramolecular Hbond substituents is 1. The van der Waals surface area contributed by atoms with E-state index in [1.807, 2.05) is 53.4 Å². The number of para-hydroxylation sites is 5. The zero-order valence-electron chi connectivity index (χ0n) is 30.3. The lowest BCUT2D eigenvalue weighted by Crippen LogP contribution is -2.20. The van der Waals surface area contributed by atoms with Gasteiger partial charge in [-0.25, -0.2) is 9.97 Å². The summed E-state index contributed by atoms with van der Waals surface area (Å²) in [4.78, 5) is 12.5. The summed E-state index contributed by atoms with van der Waals surface area (Å²) in [6.07, 6.45) is 0. The highest BCUT2D eigenvalue weighted by Crippen LogP contribution is 2.62. The summed E-state index contributed by atoms with van der Waals surface area (Å²) in [5.74, 6) is 3.30. The van der Waals surface area contributed by atoms with Gasteiger partial charge in [-0.15, -0.1) is 0 Å². The molecule has 2 aliphatic heterocycles. The van der Waals surface area contributed by atoms with Crippen molar-refractivity contribution < 1.29 is 14.6 Å². The van der Waals surface area contributed by atoms with Crippen LogP contribution in [0.3, 0.4) is 0 Å². The summed E-state index contributed by atoms with van der Waals surface area (Å²) in [5, 5.41) is 14.2. The second-order valence-corrected chi connectivity index (χ2v) is 14.4. The Hall–Kier alpha value is -7.90. The zero-order chi connectivity index (χ0) is 37.6. The number of rotatable bonds is 4. The standard InChI is InChI=1S/C50H30N4O3/c55-42-18-10-20-44-48(42)54-41-17-8-9-19-43(41)56-45-28-34(29-46(57-44)49(45)54)33-25-26-40-37(27-33)35-13-5-7-16-39(35)53(40)50-51-38-15-6-4-14-36(38)47(52-50)32-23-21-31(22-24-32)30-11-2-1-3-12-30/h1-29,55H. The predicted octanol–water partition coefficient (Wildman–Crippen LogP) is 13.1. The molecular weight excluding hydrogens is 705 g/mol. The molecule has 0 saturated heterocycles. The molecule has 0 spiro atoms. The Bertz CT molecular complexity index is 3250. The number of nitrogens with zero attached hydrogens (tertiary/aromatic N) is 4. The number of phenols is 1. The fourth-order valence-corrected chi connectivity index (χ4v) is 8.46. The molecular formula is C50H30N4O3. The molecule has 0 unspecified atom stereocenters. The molecule has 0 saturated carbocycles. The first-order chi connectivity index (χ1) is 28.2. The molecule has 7 nitrogen and oxygen atoms in total. The maximum Gasteiger partial charge on any atom is 0.235 e. The molecule has 2 aliphatic rings. The summed E-state index contributed by atoms with van der Waals surface area (Å²) in [6, 6.07) is 59.5. The Morgan fingerprint density at radius 3 is 1.93 bits per heavy atom. The van der Waals surface area contributed by atoms with E-state index in [1.54, 1.807) is 12.1 Å². The van der Waals surface area contributed by atoms with E-state index >= 15 is 0 Å². The van der Waals surface area contributed by atoms with Gasteiger partial charge in [0.1, 0.15) is 17.1 Å². The van der Waals surface area contributed by atoms with Crippen LogP contribution in [0, 0.1) is 0 Å². The van der Waals surface area contributed by atoms with Crippen LogP contribution < -0.4 is 14.4 Å². The van der Waals surface area contributed by atoms with Crippen molar-refractivity contribution in [2.75, 3.05) is 4.90 Å². The molecule has 0 aliphatic carbocycles.